The molecule has 21 heavy (non-hydrogen) atoms. The predicted octanol–water partition coefficient (Wildman–Crippen LogP) is 1.87. The average molecular weight is 308 g/mol. The third kappa shape index (κ3) is 3.98. The van der Waals surface area contributed by atoms with Gasteiger partial charge in [-0.3, -0.25) is 0 Å². The standard InChI is InChI=1S/C16H24N2O2S/c1-13-11-14(12-17-15-4-5-15)3-6-16(13)18-7-2-9-21(19,20)10-8-18/h3,6,11,15,17H,2,4-5,7-10,12H2,1H3. The Kier molecular flexibility index (Phi) is 4.22. The molecular weight excluding hydrogens is 284 g/mol. The maximum absolute atomic E-state index is 11.7. The summed E-state index contributed by atoms with van der Waals surface area (Å²) in [5, 5.41) is 3.53. The van der Waals surface area contributed by atoms with Crippen molar-refractivity contribution in [2.24, 2.45) is 0 Å². The number of nitrogens with one attached hydrogen (secondary N) is 1. The van der Waals surface area contributed by atoms with E-state index in [0.29, 0.717) is 12.3 Å². The van der Waals surface area contributed by atoms with Crippen molar-refractivity contribution in [1.29, 1.82) is 0 Å². The summed E-state index contributed by atoms with van der Waals surface area (Å²) in [6.45, 7) is 4.50. The Morgan fingerprint density at radius 3 is 2.76 bits per heavy atom. The molecule has 0 atom stereocenters. The van der Waals surface area contributed by atoms with Crippen LogP contribution in [0.2, 0.25) is 0 Å². The van der Waals surface area contributed by atoms with Crippen LogP contribution in [0.4, 0.5) is 5.69 Å². The molecule has 2 fully saturated rings. The molecule has 0 bridgehead atoms. The van der Waals surface area contributed by atoms with E-state index in [4.69, 9.17) is 0 Å². The maximum Gasteiger partial charge on any atom is 0.152 e. The molecule has 1 aliphatic heterocycles. The Morgan fingerprint density at radius 1 is 1.24 bits per heavy atom. The first-order valence-corrected chi connectivity index (χ1v) is 9.64. The second kappa shape index (κ2) is 5.97. The highest BCUT2D eigenvalue weighted by Crippen LogP contribution is 2.24. The first-order valence-electron chi connectivity index (χ1n) is 7.82. The number of sulfone groups is 1. The van der Waals surface area contributed by atoms with Gasteiger partial charge in [-0.05, 0) is 43.4 Å². The minimum absolute atomic E-state index is 0.275. The number of benzene rings is 1. The van der Waals surface area contributed by atoms with Crippen molar-refractivity contribution in [3.05, 3.63) is 29.3 Å². The summed E-state index contributed by atoms with van der Waals surface area (Å²) >= 11 is 0. The lowest BCUT2D eigenvalue weighted by Gasteiger charge is -2.24. The lowest BCUT2D eigenvalue weighted by molar-refractivity contribution is 0.597. The molecule has 4 nitrogen and oxygen atoms in total. The van der Waals surface area contributed by atoms with E-state index in [-0.39, 0.29) is 5.75 Å². The van der Waals surface area contributed by atoms with Crippen LogP contribution in [0, 0.1) is 6.92 Å². The van der Waals surface area contributed by atoms with Crippen molar-refractivity contribution in [3.8, 4) is 0 Å². The van der Waals surface area contributed by atoms with E-state index in [0.717, 1.165) is 25.6 Å². The summed E-state index contributed by atoms with van der Waals surface area (Å²) in [6.07, 6.45) is 3.34. The fourth-order valence-corrected chi connectivity index (χ4v) is 4.18. The van der Waals surface area contributed by atoms with Crippen molar-refractivity contribution in [2.45, 2.75) is 38.8 Å². The Bertz CT molecular complexity index is 609. The summed E-state index contributed by atoms with van der Waals surface area (Å²) in [6, 6.07) is 7.26. The molecule has 2 aliphatic rings. The van der Waals surface area contributed by atoms with Crippen LogP contribution in [0.5, 0.6) is 0 Å². The van der Waals surface area contributed by atoms with Gasteiger partial charge in [-0.2, -0.15) is 0 Å². The summed E-state index contributed by atoms with van der Waals surface area (Å²) < 4.78 is 23.4. The molecule has 3 rings (SSSR count). The number of rotatable bonds is 4. The van der Waals surface area contributed by atoms with Crippen molar-refractivity contribution in [1.82, 2.24) is 5.32 Å². The third-order valence-electron chi connectivity index (χ3n) is 4.33. The monoisotopic (exact) mass is 308 g/mol. The Balaban J connectivity index is 1.69. The van der Waals surface area contributed by atoms with E-state index >= 15 is 0 Å². The molecule has 0 radical (unpaired) electrons. The van der Waals surface area contributed by atoms with Crippen molar-refractivity contribution < 1.29 is 8.42 Å². The molecule has 0 amide bonds. The number of aryl methyl sites for hydroxylation is 1. The quantitative estimate of drug-likeness (QED) is 0.922. The molecule has 0 spiro atoms. The Hall–Kier alpha value is -1.07. The molecule has 0 aromatic heterocycles. The van der Waals surface area contributed by atoms with E-state index in [1.54, 1.807) is 0 Å². The maximum atomic E-state index is 11.7. The summed E-state index contributed by atoms with van der Waals surface area (Å²) in [7, 11) is -2.84. The highest BCUT2D eigenvalue weighted by atomic mass is 32.2. The SMILES string of the molecule is Cc1cc(CNC2CC2)ccc1N1CCCS(=O)(=O)CC1. The molecular formula is C16H24N2O2S. The normalized spacial score (nSPS) is 22.0. The van der Waals surface area contributed by atoms with Crippen LogP contribution in [0.25, 0.3) is 0 Å². The molecule has 1 saturated heterocycles. The van der Waals surface area contributed by atoms with Crippen molar-refractivity contribution in [3.63, 3.8) is 0 Å². The molecule has 116 valence electrons. The minimum atomic E-state index is -2.84. The fraction of sp³-hybridized carbons (Fsp3) is 0.625. The van der Waals surface area contributed by atoms with Crippen molar-refractivity contribution >= 4 is 15.5 Å². The molecule has 1 heterocycles. The van der Waals surface area contributed by atoms with Crippen molar-refractivity contribution in [2.75, 3.05) is 29.5 Å². The van der Waals surface area contributed by atoms with Gasteiger partial charge in [0.05, 0.1) is 11.5 Å². The van der Waals surface area contributed by atoms with Crippen LogP contribution in [0.15, 0.2) is 18.2 Å². The van der Waals surface area contributed by atoms with Crippen LogP contribution in [-0.4, -0.2) is 39.1 Å². The van der Waals surface area contributed by atoms with Gasteiger partial charge in [0.15, 0.2) is 9.84 Å². The second-order valence-corrected chi connectivity index (χ2v) is 8.57. The Morgan fingerprint density at radius 2 is 2.05 bits per heavy atom. The number of anilines is 1. The zero-order valence-electron chi connectivity index (χ0n) is 12.6. The minimum Gasteiger partial charge on any atom is -0.370 e. The van der Waals surface area contributed by atoms with E-state index < -0.39 is 9.84 Å². The molecule has 1 aromatic carbocycles. The van der Waals surface area contributed by atoms with Gasteiger partial charge >= 0.3 is 0 Å². The lowest BCUT2D eigenvalue weighted by atomic mass is 10.1. The van der Waals surface area contributed by atoms with Crippen LogP contribution in [-0.2, 0) is 16.4 Å². The van der Waals surface area contributed by atoms with Gasteiger partial charge in [0.1, 0.15) is 0 Å². The Labute approximate surface area is 127 Å². The third-order valence-corrected chi connectivity index (χ3v) is 6.04. The van der Waals surface area contributed by atoms with E-state index in [1.165, 1.54) is 29.7 Å². The number of nitrogens with zero attached hydrogens (tertiary/aromatic N) is 1. The van der Waals surface area contributed by atoms with Gasteiger partial charge < -0.3 is 10.2 Å². The molecule has 1 aliphatic carbocycles. The molecule has 5 heteroatoms. The average Bonchev–Trinajstić information content (AvgIpc) is 3.25. The topological polar surface area (TPSA) is 49.4 Å². The zero-order valence-corrected chi connectivity index (χ0v) is 13.5. The summed E-state index contributed by atoms with van der Waals surface area (Å²) in [4.78, 5) is 2.22. The van der Waals surface area contributed by atoms with Gasteiger partial charge in [-0.15, -0.1) is 0 Å². The second-order valence-electron chi connectivity index (χ2n) is 6.27. The predicted molar refractivity (Wildman–Crippen MR) is 86.5 cm³/mol. The highest BCUT2D eigenvalue weighted by molar-refractivity contribution is 7.91. The van der Waals surface area contributed by atoms with Gasteiger partial charge in [-0.25, -0.2) is 8.42 Å². The first-order chi connectivity index (χ1) is 10.0. The number of hydrogen-bond donors (Lipinski definition) is 1. The zero-order chi connectivity index (χ0) is 14.9. The van der Waals surface area contributed by atoms with Crippen LogP contribution >= 0.6 is 0 Å². The molecule has 1 N–H and O–H groups in total. The van der Waals surface area contributed by atoms with E-state index in [1.807, 2.05) is 0 Å². The van der Waals surface area contributed by atoms with Crippen LogP contribution < -0.4 is 10.2 Å². The van der Waals surface area contributed by atoms with Gasteiger partial charge in [0.2, 0.25) is 0 Å². The van der Waals surface area contributed by atoms with Gasteiger partial charge in [-0.1, -0.05) is 12.1 Å². The summed E-state index contributed by atoms with van der Waals surface area (Å²) in [5.74, 6) is 0.601. The lowest BCUT2D eigenvalue weighted by Crippen LogP contribution is -2.27. The largest absolute Gasteiger partial charge is 0.370 e. The fourth-order valence-electron chi connectivity index (χ4n) is 2.91. The summed E-state index contributed by atoms with van der Waals surface area (Å²) in [5.41, 5.74) is 3.73. The van der Waals surface area contributed by atoms with Crippen LogP contribution in [0.3, 0.4) is 0 Å². The molecule has 1 saturated carbocycles. The molecule has 0 unspecified atom stereocenters. The first kappa shape index (κ1) is 14.9. The highest BCUT2D eigenvalue weighted by Gasteiger charge is 2.21. The van der Waals surface area contributed by atoms with Gasteiger partial charge in [0.25, 0.3) is 0 Å². The van der Waals surface area contributed by atoms with Gasteiger partial charge in [0, 0.05) is 31.4 Å². The smallest absolute Gasteiger partial charge is 0.152 e. The van der Waals surface area contributed by atoms with E-state index in [9.17, 15) is 8.42 Å². The number of hydrogen-bond acceptors (Lipinski definition) is 4. The molecule has 1 aromatic rings. The van der Waals surface area contributed by atoms with Crippen LogP contribution in [0.1, 0.15) is 30.4 Å². The van der Waals surface area contributed by atoms with E-state index in [2.05, 4.69) is 35.3 Å².